The Morgan fingerprint density at radius 2 is 2.10 bits per heavy atom. The van der Waals surface area contributed by atoms with Crippen LogP contribution in [-0.2, 0) is 13.1 Å². The molecule has 0 aromatic carbocycles. The predicted octanol–water partition coefficient (Wildman–Crippen LogP) is 3.99. The Morgan fingerprint density at radius 1 is 1.35 bits per heavy atom. The van der Waals surface area contributed by atoms with Gasteiger partial charge in [0.1, 0.15) is 0 Å². The zero-order valence-electron chi connectivity index (χ0n) is 13.5. The molecule has 0 saturated heterocycles. The lowest BCUT2D eigenvalue weighted by Gasteiger charge is -2.31. The molecule has 0 spiro atoms. The second-order valence-electron chi connectivity index (χ2n) is 6.95. The average molecular weight is 277 g/mol. The van der Waals surface area contributed by atoms with Crippen LogP contribution in [0.25, 0.3) is 0 Å². The molecule has 1 fully saturated rings. The van der Waals surface area contributed by atoms with E-state index in [2.05, 4.69) is 41.9 Å². The van der Waals surface area contributed by atoms with Gasteiger partial charge in [0.15, 0.2) is 0 Å². The molecule has 1 heterocycles. The highest BCUT2D eigenvalue weighted by molar-refractivity contribution is 5.00. The summed E-state index contributed by atoms with van der Waals surface area (Å²) in [6.45, 7) is 10.1. The Kier molecular flexibility index (Phi) is 5.64. The fourth-order valence-corrected chi connectivity index (χ4v) is 3.82. The van der Waals surface area contributed by atoms with Crippen molar-refractivity contribution < 1.29 is 0 Å². The van der Waals surface area contributed by atoms with E-state index in [0.717, 1.165) is 25.4 Å². The van der Waals surface area contributed by atoms with E-state index in [1.165, 1.54) is 44.3 Å². The van der Waals surface area contributed by atoms with E-state index >= 15 is 0 Å². The second kappa shape index (κ2) is 7.26. The molecule has 1 N–H and O–H groups in total. The van der Waals surface area contributed by atoms with Gasteiger partial charge in [0.25, 0.3) is 0 Å². The van der Waals surface area contributed by atoms with Crippen molar-refractivity contribution in [3.8, 4) is 0 Å². The number of hydrogen-bond donors (Lipinski definition) is 1. The Morgan fingerprint density at radius 3 is 2.75 bits per heavy atom. The first-order valence-corrected chi connectivity index (χ1v) is 8.36. The summed E-state index contributed by atoms with van der Waals surface area (Å²) in [6, 6.07) is 2.15. The van der Waals surface area contributed by atoms with Crippen molar-refractivity contribution in [1.29, 1.82) is 0 Å². The Balaban J connectivity index is 1.85. The maximum absolute atomic E-state index is 4.40. The normalized spacial score (nSPS) is 18.0. The summed E-state index contributed by atoms with van der Waals surface area (Å²) >= 11 is 0. The minimum Gasteiger partial charge on any atom is -0.311 e. The molecule has 0 radical (unpaired) electrons. The molecule has 1 aliphatic rings. The summed E-state index contributed by atoms with van der Waals surface area (Å²) in [7, 11) is 0. The highest BCUT2D eigenvalue weighted by Gasteiger charge is 2.33. The molecule has 3 nitrogen and oxygen atoms in total. The monoisotopic (exact) mass is 277 g/mol. The average Bonchev–Trinajstić information content (AvgIpc) is 3.00. The molecule has 0 unspecified atom stereocenters. The molecule has 1 saturated carbocycles. The van der Waals surface area contributed by atoms with Crippen LogP contribution in [0.2, 0.25) is 0 Å². The molecule has 0 bridgehead atoms. The van der Waals surface area contributed by atoms with Crippen molar-refractivity contribution in [2.24, 2.45) is 11.3 Å². The van der Waals surface area contributed by atoms with E-state index in [1.54, 1.807) is 0 Å². The van der Waals surface area contributed by atoms with Gasteiger partial charge >= 0.3 is 0 Å². The van der Waals surface area contributed by atoms with Gasteiger partial charge in [-0.1, -0.05) is 33.6 Å². The highest BCUT2D eigenvalue weighted by atomic mass is 15.3. The lowest BCUT2D eigenvalue weighted by Crippen LogP contribution is -2.33. The Hall–Kier alpha value is -0.830. The zero-order valence-corrected chi connectivity index (χ0v) is 13.5. The van der Waals surface area contributed by atoms with E-state index in [-0.39, 0.29) is 0 Å². The molecule has 2 rings (SSSR count). The lowest BCUT2D eigenvalue weighted by molar-refractivity contribution is 0.223. The third-order valence-corrected chi connectivity index (χ3v) is 4.55. The smallest absolute Gasteiger partial charge is 0.0522 e. The number of hydrogen-bond acceptors (Lipinski definition) is 2. The van der Waals surface area contributed by atoms with Crippen LogP contribution in [0.3, 0.4) is 0 Å². The standard InChI is InChI=1S/C17H31N3/c1-4-11-20-16(7-10-19-20)13-18-14-17(12-15(2)3)8-5-6-9-17/h7,10,15,18H,4-6,8-9,11-14H2,1-3H3. The summed E-state index contributed by atoms with van der Waals surface area (Å²) in [5.41, 5.74) is 1.88. The molecule has 1 aliphatic carbocycles. The first kappa shape index (κ1) is 15.6. The Bertz CT molecular complexity index is 389. The minimum atomic E-state index is 0.559. The molecule has 3 heteroatoms. The van der Waals surface area contributed by atoms with E-state index in [9.17, 15) is 0 Å². The SMILES string of the molecule is CCCn1nccc1CNCC1(CC(C)C)CCCC1. The molecule has 0 atom stereocenters. The summed E-state index contributed by atoms with van der Waals surface area (Å²) in [6.07, 6.45) is 10.1. The zero-order chi connectivity index (χ0) is 14.4. The maximum Gasteiger partial charge on any atom is 0.0522 e. The number of aromatic nitrogens is 2. The van der Waals surface area contributed by atoms with Crippen molar-refractivity contribution >= 4 is 0 Å². The number of rotatable bonds is 8. The van der Waals surface area contributed by atoms with Crippen molar-refractivity contribution in [3.63, 3.8) is 0 Å². The largest absolute Gasteiger partial charge is 0.311 e. The van der Waals surface area contributed by atoms with Gasteiger partial charge in [-0.25, -0.2) is 0 Å². The van der Waals surface area contributed by atoms with Crippen LogP contribution in [0.4, 0.5) is 0 Å². The van der Waals surface area contributed by atoms with Gasteiger partial charge in [0.05, 0.1) is 5.69 Å². The minimum absolute atomic E-state index is 0.559. The molecule has 0 amide bonds. The van der Waals surface area contributed by atoms with Crippen LogP contribution in [0, 0.1) is 11.3 Å². The third kappa shape index (κ3) is 4.08. The van der Waals surface area contributed by atoms with Gasteiger partial charge in [0, 0.05) is 25.8 Å². The lowest BCUT2D eigenvalue weighted by atomic mass is 9.78. The van der Waals surface area contributed by atoms with Gasteiger partial charge in [-0.15, -0.1) is 0 Å². The van der Waals surface area contributed by atoms with Crippen molar-refractivity contribution in [2.45, 2.75) is 72.4 Å². The van der Waals surface area contributed by atoms with Gasteiger partial charge in [0.2, 0.25) is 0 Å². The van der Waals surface area contributed by atoms with E-state index < -0.39 is 0 Å². The van der Waals surface area contributed by atoms with Crippen LogP contribution < -0.4 is 5.32 Å². The summed E-state index contributed by atoms with van der Waals surface area (Å²) in [5, 5.41) is 8.11. The highest BCUT2D eigenvalue weighted by Crippen LogP contribution is 2.42. The molecular formula is C17H31N3. The number of nitrogens with zero attached hydrogens (tertiary/aromatic N) is 2. The van der Waals surface area contributed by atoms with Crippen LogP contribution in [0.15, 0.2) is 12.3 Å². The third-order valence-electron chi connectivity index (χ3n) is 4.55. The van der Waals surface area contributed by atoms with Crippen LogP contribution in [0.5, 0.6) is 0 Å². The van der Waals surface area contributed by atoms with Gasteiger partial charge in [-0.05, 0) is 43.1 Å². The van der Waals surface area contributed by atoms with Crippen LogP contribution in [0.1, 0.15) is 65.0 Å². The van der Waals surface area contributed by atoms with E-state index in [1.807, 2.05) is 6.20 Å². The van der Waals surface area contributed by atoms with E-state index in [0.29, 0.717) is 5.41 Å². The number of nitrogens with one attached hydrogen (secondary N) is 1. The Labute approximate surface area is 124 Å². The molecular weight excluding hydrogens is 246 g/mol. The first-order chi connectivity index (χ1) is 9.65. The molecule has 1 aromatic rings. The first-order valence-electron chi connectivity index (χ1n) is 8.36. The summed E-state index contributed by atoms with van der Waals surface area (Å²) < 4.78 is 2.14. The molecule has 114 valence electrons. The van der Waals surface area contributed by atoms with Crippen molar-refractivity contribution in [1.82, 2.24) is 15.1 Å². The quantitative estimate of drug-likeness (QED) is 0.778. The van der Waals surface area contributed by atoms with Gasteiger partial charge in [-0.3, -0.25) is 4.68 Å². The van der Waals surface area contributed by atoms with Gasteiger partial charge in [-0.2, -0.15) is 5.10 Å². The van der Waals surface area contributed by atoms with Crippen LogP contribution >= 0.6 is 0 Å². The number of aryl methyl sites for hydroxylation is 1. The van der Waals surface area contributed by atoms with Gasteiger partial charge < -0.3 is 5.32 Å². The molecule has 20 heavy (non-hydrogen) atoms. The van der Waals surface area contributed by atoms with Crippen LogP contribution in [-0.4, -0.2) is 16.3 Å². The topological polar surface area (TPSA) is 29.9 Å². The summed E-state index contributed by atoms with van der Waals surface area (Å²) in [4.78, 5) is 0. The molecule has 1 aromatic heterocycles. The summed E-state index contributed by atoms with van der Waals surface area (Å²) in [5.74, 6) is 0.806. The fraction of sp³-hybridized carbons (Fsp3) is 0.824. The second-order valence-corrected chi connectivity index (χ2v) is 6.95. The fourth-order valence-electron chi connectivity index (χ4n) is 3.82. The van der Waals surface area contributed by atoms with E-state index in [4.69, 9.17) is 0 Å². The van der Waals surface area contributed by atoms with Crippen molar-refractivity contribution in [3.05, 3.63) is 18.0 Å². The molecule has 0 aliphatic heterocycles. The maximum atomic E-state index is 4.40. The predicted molar refractivity (Wildman–Crippen MR) is 84.6 cm³/mol. The van der Waals surface area contributed by atoms with Crippen molar-refractivity contribution in [2.75, 3.05) is 6.54 Å².